The fraction of sp³-hybridized carbons (Fsp3) is 0.133. The third-order valence-corrected chi connectivity index (χ3v) is 2.70. The lowest BCUT2D eigenvalue weighted by Gasteiger charge is -2.09. The Labute approximate surface area is 121 Å². The molecule has 0 amide bonds. The van der Waals surface area contributed by atoms with E-state index in [1.54, 1.807) is 24.3 Å². The maximum atomic E-state index is 11.7. The summed E-state index contributed by atoms with van der Waals surface area (Å²) in [4.78, 5) is 15.7. The number of ether oxygens (including phenoxy) is 2. The number of pyridine rings is 1. The van der Waals surface area contributed by atoms with Crippen molar-refractivity contribution in [2.24, 2.45) is 0 Å². The van der Waals surface area contributed by atoms with Crippen LogP contribution in [-0.2, 0) is 11.2 Å². The van der Waals surface area contributed by atoms with Crippen molar-refractivity contribution in [3.63, 3.8) is 0 Å². The number of rotatable bonds is 4. The first-order valence-electron chi connectivity index (χ1n) is 6.11. The van der Waals surface area contributed by atoms with Crippen LogP contribution in [0.4, 0.5) is 5.69 Å². The molecule has 21 heavy (non-hydrogen) atoms. The molecule has 1 aromatic heterocycles. The predicted octanol–water partition coefficient (Wildman–Crippen LogP) is 2.31. The number of methoxy groups -OCH3 is 1. The highest BCUT2D eigenvalue weighted by Gasteiger charge is 2.15. The summed E-state index contributed by atoms with van der Waals surface area (Å²) in [5, 5.41) is 8.62. The van der Waals surface area contributed by atoms with Crippen LogP contribution in [0.1, 0.15) is 15.9 Å². The summed E-state index contributed by atoms with van der Waals surface area (Å²) in [5.41, 5.74) is 6.98. The second-order valence-corrected chi connectivity index (χ2v) is 4.19. The van der Waals surface area contributed by atoms with Crippen molar-refractivity contribution < 1.29 is 14.3 Å². The first-order valence-corrected chi connectivity index (χ1v) is 6.11. The van der Waals surface area contributed by atoms with Crippen LogP contribution in [0.15, 0.2) is 36.5 Å². The van der Waals surface area contributed by atoms with Gasteiger partial charge in [0.2, 0.25) is 5.88 Å². The van der Waals surface area contributed by atoms with Crippen molar-refractivity contribution in [3.8, 4) is 17.7 Å². The fourth-order valence-corrected chi connectivity index (χ4v) is 1.68. The molecule has 0 bridgehead atoms. The Morgan fingerprint density at radius 2 is 2.10 bits per heavy atom. The minimum Gasteiger partial charge on any atom is -0.465 e. The minimum absolute atomic E-state index is 0.115. The van der Waals surface area contributed by atoms with Crippen molar-refractivity contribution in [1.82, 2.24) is 4.98 Å². The monoisotopic (exact) mass is 283 g/mol. The largest absolute Gasteiger partial charge is 0.465 e. The van der Waals surface area contributed by atoms with Gasteiger partial charge in [0.1, 0.15) is 11.3 Å². The van der Waals surface area contributed by atoms with Gasteiger partial charge in [-0.1, -0.05) is 12.1 Å². The second kappa shape index (κ2) is 6.39. The molecule has 6 nitrogen and oxygen atoms in total. The Hall–Kier alpha value is -3.07. The molecular weight excluding hydrogens is 270 g/mol. The Bertz CT molecular complexity index is 690. The molecule has 0 saturated heterocycles. The van der Waals surface area contributed by atoms with Crippen LogP contribution in [0, 0.1) is 11.3 Å². The maximum Gasteiger partial charge on any atom is 0.343 e. The molecule has 1 heterocycles. The molecule has 0 spiro atoms. The number of carbonyl (C=O) groups excluding carboxylic acids is 1. The highest BCUT2D eigenvalue weighted by atomic mass is 16.5. The second-order valence-electron chi connectivity index (χ2n) is 4.19. The number of benzene rings is 1. The van der Waals surface area contributed by atoms with Crippen LogP contribution in [0.2, 0.25) is 0 Å². The van der Waals surface area contributed by atoms with E-state index < -0.39 is 5.97 Å². The molecule has 1 aromatic carbocycles. The molecule has 0 saturated carbocycles. The maximum absolute atomic E-state index is 11.7. The highest BCUT2D eigenvalue weighted by molar-refractivity contribution is 5.92. The zero-order valence-corrected chi connectivity index (χ0v) is 11.4. The summed E-state index contributed by atoms with van der Waals surface area (Å²) >= 11 is 0. The molecule has 0 radical (unpaired) electrons. The van der Waals surface area contributed by atoms with E-state index in [-0.39, 0.29) is 11.4 Å². The number of aromatic nitrogens is 1. The summed E-state index contributed by atoms with van der Waals surface area (Å²) < 4.78 is 10.2. The van der Waals surface area contributed by atoms with Gasteiger partial charge in [0.15, 0.2) is 0 Å². The quantitative estimate of drug-likeness (QED) is 0.864. The van der Waals surface area contributed by atoms with Crippen LogP contribution in [0.25, 0.3) is 0 Å². The topological polar surface area (TPSA) is 98.2 Å². The molecule has 2 aromatic rings. The van der Waals surface area contributed by atoms with Gasteiger partial charge in [-0.2, -0.15) is 5.26 Å². The molecule has 6 heteroatoms. The molecule has 0 aliphatic heterocycles. The number of nitrogen functional groups attached to an aromatic ring is 1. The van der Waals surface area contributed by atoms with E-state index >= 15 is 0 Å². The molecule has 106 valence electrons. The lowest BCUT2D eigenvalue weighted by molar-refractivity contribution is 0.0597. The Morgan fingerprint density at radius 1 is 1.38 bits per heavy atom. The summed E-state index contributed by atoms with van der Waals surface area (Å²) in [6.07, 6.45) is 1.72. The van der Waals surface area contributed by atoms with Gasteiger partial charge < -0.3 is 15.2 Å². The predicted molar refractivity (Wildman–Crippen MR) is 75.8 cm³/mol. The van der Waals surface area contributed by atoms with Crippen molar-refractivity contribution in [3.05, 3.63) is 47.7 Å². The number of anilines is 1. The highest BCUT2D eigenvalue weighted by Crippen LogP contribution is 2.25. The Kier molecular flexibility index (Phi) is 4.36. The summed E-state index contributed by atoms with van der Waals surface area (Å²) in [7, 11) is 1.27. The van der Waals surface area contributed by atoms with Crippen molar-refractivity contribution in [2.75, 3.05) is 12.8 Å². The van der Waals surface area contributed by atoms with E-state index in [1.807, 2.05) is 0 Å². The Morgan fingerprint density at radius 3 is 2.71 bits per heavy atom. The summed E-state index contributed by atoms with van der Waals surface area (Å²) in [6, 6.07) is 10.4. The molecule has 0 unspecified atom stereocenters. The number of esters is 1. The van der Waals surface area contributed by atoms with Gasteiger partial charge in [0, 0.05) is 0 Å². The molecular formula is C15H13N3O3. The van der Waals surface area contributed by atoms with E-state index in [9.17, 15) is 4.79 Å². The number of nitriles is 1. The van der Waals surface area contributed by atoms with Crippen LogP contribution >= 0.6 is 0 Å². The third-order valence-electron chi connectivity index (χ3n) is 2.70. The Balaban J connectivity index is 2.27. The van der Waals surface area contributed by atoms with Crippen LogP contribution in [-0.4, -0.2) is 18.1 Å². The van der Waals surface area contributed by atoms with Crippen LogP contribution < -0.4 is 10.5 Å². The van der Waals surface area contributed by atoms with Crippen molar-refractivity contribution in [1.29, 1.82) is 5.26 Å². The molecule has 2 N–H and O–H groups in total. The van der Waals surface area contributed by atoms with Gasteiger partial charge in [0.25, 0.3) is 0 Å². The zero-order chi connectivity index (χ0) is 15.2. The lowest BCUT2D eigenvalue weighted by Crippen LogP contribution is -2.06. The normalized spacial score (nSPS) is 9.71. The van der Waals surface area contributed by atoms with Crippen molar-refractivity contribution >= 4 is 11.7 Å². The average Bonchev–Trinajstić information content (AvgIpc) is 2.50. The third kappa shape index (κ3) is 3.48. The van der Waals surface area contributed by atoms with E-state index in [4.69, 9.17) is 15.7 Å². The van der Waals surface area contributed by atoms with Crippen molar-refractivity contribution in [2.45, 2.75) is 6.42 Å². The number of nitrogens with two attached hydrogens (primary N) is 1. The SMILES string of the molecule is COC(=O)c1cc(N)cnc1Oc1ccc(CC#N)cc1. The fourth-order valence-electron chi connectivity index (χ4n) is 1.68. The summed E-state index contributed by atoms with van der Waals surface area (Å²) in [5.74, 6) is 0.0362. The van der Waals surface area contributed by atoms with E-state index in [0.29, 0.717) is 17.9 Å². The standard InChI is InChI=1S/C15H13N3O3/c1-20-15(19)13-8-11(17)9-18-14(13)21-12-4-2-10(3-5-12)6-7-16/h2-5,8-9H,6,17H2,1H3. The van der Waals surface area contributed by atoms with Gasteiger partial charge in [-0.05, 0) is 23.8 Å². The van der Waals surface area contributed by atoms with Crippen LogP contribution in [0.5, 0.6) is 11.6 Å². The van der Waals surface area contributed by atoms with Gasteiger partial charge in [-0.15, -0.1) is 0 Å². The first-order chi connectivity index (χ1) is 10.1. The molecule has 0 aliphatic carbocycles. The smallest absolute Gasteiger partial charge is 0.343 e. The van der Waals surface area contributed by atoms with E-state index in [0.717, 1.165) is 5.56 Å². The molecule has 0 fully saturated rings. The molecule has 0 atom stereocenters. The van der Waals surface area contributed by atoms with Gasteiger partial charge in [-0.25, -0.2) is 9.78 Å². The lowest BCUT2D eigenvalue weighted by atomic mass is 10.2. The minimum atomic E-state index is -0.578. The number of hydrogen-bond donors (Lipinski definition) is 1. The number of hydrogen-bond acceptors (Lipinski definition) is 6. The van der Waals surface area contributed by atoms with Gasteiger partial charge >= 0.3 is 5.97 Å². The summed E-state index contributed by atoms with van der Waals surface area (Å²) in [6.45, 7) is 0. The van der Waals surface area contributed by atoms with Crippen LogP contribution in [0.3, 0.4) is 0 Å². The molecule has 2 rings (SSSR count). The van der Waals surface area contributed by atoms with E-state index in [2.05, 4.69) is 15.8 Å². The van der Waals surface area contributed by atoms with Gasteiger partial charge in [-0.3, -0.25) is 0 Å². The first kappa shape index (κ1) is 14.3. The molecule has 0 aliphatic rings. The van der Waals surface area contributed by atoms with Gasteiger partial charge in [0.05, 0.1) is 31.5 Å². The number of carbonyl (C=O) groups is 1. The average molecular weight is 283 g/mol. The van der Waals surface area contributed by atoms with E-state index in [1.165, 1.54) is 19.4 Å². The number of nitrogens with zero attached hydrogens (tertiary/aromatic N) is 2. The zero-order valence-electron chi connectivity index (χ0n) is 11.4.